The van der Waals surface area contributed by atoms with E-state index in [9.17, 15) is 9.59 Å². The molecule has 2 aliphatic rings. The number of amides is 2. The fraction of sp³-hybridized carbons (Fsp3) is 0.385. The first-order valence-electron chi connectivity index (χ1n) is 5.86. The first kappa shape index (κ1) is 10.3. The summed E-state index contributed by atoms with van der Waals surface area (Å²) >= 11 is 0. The van der Waals surface area contributed by atoms with E-state index in [2.05, 4.69) is 5.43 Å². The molecule has 0 aromatic heterocycles. The number of aryl methyl sites for hydroxylation is 1. The third-order valence-electron chi connectivity index (χ3n) is 3.76. The highest BCUT2D eigenvalue weighted by Gasteiger charge is 2.58. The molecule has 0 radical (unpaired) electrons. The number of benzene rings is 1. The number of carbonyl (C=O) groups is 2. The summed E-state index contributed by atoms with van der Waals surface area (Å²) in [5, 5.41) is 1.39. The predicted octanol–water partition coefficient (Wildman–Crippen LogP) is 1.54. The lowest BCUT2D eigenvalue weighted by Crippen LogP contribution is -2.42. The molecular formula is C13H14N2O2. The Hall–Kier alpha value is -1.84. The Labute approximate surface area is 99.6 Å². The second kappa shape index (κ2) is 3.32. The van der Waals surface area contributed by atoms with Crippen molar-refractivity contribution in [2.45, 2.75) is 26.2 Å². The van der Waals surface area contributed by atoms with Crippen molar-refractivity contribution < 1.29 is 9.59 Å². The van der Waals surface area contributed by atoms with E-state index < -0.39 is 5.41 Å². The minimum Gasteiger partial charge on any atom is -0.272 e. The maximum Gasteiger partial charge on any atom is 0.261 e. The minimum atomic E-state index is -0.759. The van der Waals surface area contributed by atoms with Gasteiger partial charge in [0.1, 0.15) is 5.41 Å². The first-order valence-corrected chi connectivity index (χ1v) is 5.86. The van der Waals surface area contributed by atoms with Crippen LogP contribution < -0.4 is 10.4 Å². The Morgan fingerprint density at radius 1 is 1.18 bits per heavy atom. The van der Waals surface area contributed by atoms with Gasteiger partial charge in [-0.1, -0.05) is 24.1 Å². The fourth-order valence-corrected chi connectivity index (χ4v) is 2.42. The average Bonchev–Trinajstić information content (AvgIpc) is 2.51. The summed E-state index contributed by atoms with van der Waals surface area (Å²) in [6.07, 6.45) is 2.32. The number of hydrogen-bond acceptors (Lipinski definition) is 2. The smallest absolute Gasteiger partial charge is 0.261 e. The van der Waals surface area contributed by atoms with Gasteiger partial charge in [0.25, 0.3) is 11.8 Å². The Morgan fingerprint density at radius 2 is 1.82 bits per heavy atom. The largest absolute Gasteiger partial charge is 0.272 e. The van der Waals surface area contributed by atoms with Gasteiger partial charge in [0.15, 0.2) is 0 Å². The van der Waals surface area contributed by atoms with E-state index in [1.54, 1.807) is 0 Å². The fourth-order valence-electron chi connectivity index (χ4n) is 2.42. The lowest BCUT2D eigenvalue weighted by molar-refractivity contribution is -0.140. The molecular weight excluding hydrogens is 216 g/mol. The maximum absolute atomic E-state index is 12.2. The number of hydrogen-bond donors (Lipinski definition) is 1. The van der Waals surface area contributed by atoms with Crippen molar-refractivity contribution >= 4 is 17.5 Å². The van der Waals surface area contributed by atoms with Crippen LogP contribution in [0, 0.1) is 12.3 Å². The van der Waals surface area contributed by atoms with Gasteiger partial charge < -0.3 is 0 Å². The van der Waals surface area contributed by atoms with Gasteiger partial charge in [0, 0.05) is 0 Å². The van der Waals surface area contributed by atoms with Gasteiger partial charge in [-0.3, -0.25) is 15.0 Å². The van der Waals surface area contributed by atoms with Crippen molar-refractivity contribution in [1.82, 2.24) is 5.43 Å². The molecule has 0 atom stereocenters. The van der Waals surface area contributed by atoms with Gasteiger partial charge >= 0.3 is 0 Å². The molecule has 1 aliphatic heterocycles. The van der Waals surface area contributed by atoms with Gasteiger partial charge in [0.2, 0.25) is 0 Å². The van der Waals surface area contributed by atoms with E-state index in [1.165, 1.54) is 5.01 Å². The van der Waals surface area contributed by atoms with Crippen LogP contribution in [0.15, 0.2) is 24.3 Å². The number of anilines is 1. The molecule has 1 aromatic rings. The van der Waals surface area contributed by atoms with Crippen LogP contribution in [0.3, 0.4) is 0 Å². The Bertz CT molecular complexity index is 489. The Balaban J connectivity index is 1.93. The molecule has 88 valence electrons. The number of nitrogens with zero attached hydrogens (tertiary/aromatic N) is 1. The van der Waals surface area contributed by atoms with Crippen LogP contribution in [0.5, 0.6) is 0 Å². The molecule has 2 fully saturated rings. The summed E-state index contributed by atoms with van der Waals surface area (Å²) in [7, 11) is 0. The van der Waals surface area contributed by atoms with E-state index in [4.69, 9.17) is 0 Å². The van der Waals surface area contributed by atoms with Crippen molar-refractivity contribution in [2.75, 3.05) is 5.01 Å². The molecule has 1 saturated carbocycles. The number of rotatable bonds is 1. The lowest BCUT2D eigenvalue weighted by atomic mass is 9.68. The second-order valence-electron chi connectivity index (χ2n) is 4.85. The van der Waals surface area contributed by atoms with Crippen molar-refractivity contribution in [3.05, 3.63) is 29.8 Å². The van der Waals surface area contributed by atoms with Crippen molar-refractivity contribution in [3.63, 3.8) is 0 Å². The second-order valence-corrected chi connectivity index (χ2v) is 4.85. The van der Waals surface area contributed by atoms with E-state index >= 15 is 0 Å². The summed E-state index contributed by atoms with van der Waals surface area (Å²) in [5.74, 6) is -0.244. The van der Waals surface area contributed by atoms with Crippen LogP contribution in [0.1, 0.15) is 24.8 Å². The van der Waals surface area contributed by atoms with Crippen LogP contribution in [0.4, 0.5) is 5.69 Å². The monoisotopic (exact) mass is 230 g/mol. The zero-order valence-electron chi connectivity index (χ0n) is 9.69. The normalized spacial score (nSPS) is 21.6. The highest BCUT2D eigenvalue weighted by atomic mass is 16.2. The molecule has 4 heteroatoms. The van der Waals surface area contributed by atoms with E-state index in [1.807, 2.05) is 31.2 Å². The van der Waals surface area contributed by atoms with Crippen molar-refractivity contribution in [2.24, 2.45) is 5.41 Å². The molecule has 1 aliphatic carbocycles. The van der Waals surface area contributed by atoms with Crippen LogP contribution in [0.25, 0.3) is 0 Å². The van der Waals surface area contributed by atoms with Gasteiger partial charge in [-0.25, -0.2) is 5.01 Å². The molecule has 4 nitrogen and oxygen atoms in total. The van der Waals surface area contributed by atoms with Crippen molar-refractivity contribution in [1.29, 1.82) is 0 Å². The summed E-state index contributed by atoms with van der Waals surface area (Å²) in [5.41, 5.74) is 3.78. The highest BCUT2D eigenvalue weighted by Crippen LogP contribution is 2.46. The standard InChI is InChI=1S/C13H14N2O2/c1-9-3-5-10(6-4-9)15-12(17)13(7-2-8-13)11(16)14-15/h3-6H,2,7-8H2,1H3,(H,14,16). The molecule has 1 spiro atoms. The van der Waals surface area contributed by atoms with E-state index in [0.29, 0.717) is 12.8 Å². The molecule has 1 saturated heterocycles. The molecule has 3 rings (SSSR count). The first-order chi connectivity index (χ1) is 8.13. The predicted molar refractivity (Wildman–Crippen MR) is 63.1 cm³/mol. The molecule has 1 N–H and O–H groups in total. The summed E-state index contributed by atoms with van der Waals surface area (Å²) < 4.78 is 0. The van der Waals surface area contributed by atoms with Crippen LogP contribution in [-0.4, -0.2) is 11.8 Å². The quantitative estimate of drug-likeness (QED) is 0.744. The molecule has 1 aromatic carbocycles. The van der Waals surface area contributed by atoms with E-state index in [-0.39, 0.29) is 11.8 Å². The van der Waals surface area contributed by atoms with Gasteiger partial charge in [0.05, 0.1) is 5.69 Å². The summed E-state index contributed by atoms with van der Waals surface area (Å²) in [6.45, 7) is 1.99. The molecule has 0 unspecified atom stereocenters. The lowest BCUT2D eigenvalue weighted by Gasteiger charge is -2.32. The molecule has 17 heavy (non-hydrogen) atoms. The number of hydrazine groups is 1. The highest BCUT2D eigenvalue weighted by molar-refractivity contribution is 6.18. The van der Waals surface area contributed by atoms with Crippen molar-refractivity contribution in [3.8, 4) is 0 Å². The van der Waals surface area contributed by atoms with Crippen LogP contribution in [0.2, 0.25) is 0 Å². The third kappa shape index (κ3) is 1.30. The molecule has 0 bridgehead atoms. The SMILES string of the molecule is Cc1ccc(N2NC(=O)C3(CCC3)C2=O)cc1. The molecule has 2 amide bonds. The number of nitrogens with one attached hydrogen (secondary N) is 1. The Morgan fingerprint density at radius 3 is 2.29 bits per heavy atom. The summed E-state index contributed by atoms with van der Waals surface area (Å²) in [4.78, 5) is 24.1. The molecule has 1 heterocycles. The van der Waals surface area contributed by atoms with E-state index in [0.717, 1.165) is 17.7 Å². The third-order valence-corrected chi connectivity index (χ3v) is 3.76. The van der Waals surface area contributed by atoms with Gasteiger partial charge in [-0.2, -0.15) is 0 Å². The summed E-state index contributed by atoms with van der Waals surface area (Å²) in [6, 6.07) is 7.57. The zero-order chi connectivity index (χ0) is 12.0. The minimum absolute atomic E-state index is 0.0994. The maximum atomic E-state index is 12.2. The van der Waals surface area contributed by atoms with Gasteiger partial charge in [-0.05, 0) is 31.9 Å². The average molecular weight is 230 g/mol. The van der Waals surface area contributed by atoms with Crippen LogP contribution >= 0.6 is 0 Å². The zero-order valence-corrected chi connectivity index (χ0v) is 9.69. The topological polar surface area (TPSA) is 49.4 Å². The number of carbonyl (C=O) groups excluding carboxylic acids is 2. The van der Waals surface area contributed by atoms with Gasteiger partial charge in [-0.15, -0.1) is 0 Å². The van der Waals surface area contributed by atoms with Crippen LogP contribution in [-0.2, 0) is 9.59 Å². The Kier molecular flexibility index (Phi) is 2.02.